The highest BCUT2D eigenvalue weighted by molar-refractivity contribution is 5.97. The van der Waals surface area contributed by atoms with E-state index in [0.717, 1.165) is 36.4 Å². The van der Waals surface area contributed by atoms with Gasteiger partial charge in [-0.3, -0.25) is 9.69 Å². The summed E-state index contributed by atoms with van der Waals surface area (Å²) in [7, 11) is 0. The third kappa shape index (κ3) is 5.28. The highest BCUT2D eigenvalue weighted by atomic mass is 16.2. The molecular weight excluding hydrogens is 494 g/mol. The molecule has 0 unspecified atom stereocenters. The van der Waals surface area contributed by atoms with Crippen molar-refractivity contribution < 1.29 is 9.59 Å². The largest absolute Gasteiger partial charge is 0.335 e. The molecule has 5 heteroatoms. The van der Waals surface area contributed by atoms with E-state index in [1.807, 2.05) is 26.0 Å². The van der Waals surface area contributed by atoms with Crippen LogP contribution in [0.5, 0.6) is 0 Å². The van der Waals surface area contributed by atoms with Crippen molar-refractivity contribution in [2.75, 3.05) is 6.54 Å². The average Bonchev–Trinajstić information content (AvgIpc) is 3.51. The van der Waals surface area contributed by atoms with Crippen molar-refractivity contribution in [2.45, 2.75) is 89.9 Å². The smallest absolute Gasteiger partial charge is 0.315 e. The number of carbonyl (C=O) groups excluding carboxylic acids is 2. The summed E-state index contributed by atoms with van der Waals surface area (Å²) in [5.41, 5.74) is 4.88. The van der Waals surface area contributed by atoms with Gasteiger partial charge in [0.1, 0.15) is 0 Å². The fourth-order valence-electron chi connectivity index (χ4n) is 7.55. The quantitative estimate of drug-likeness (QED) is 0.287. The summed E-state index contributed by atoms with van der Waals surface area (Å²) in [6, 6.07) is 22.2. The maximum Gasteiger partial charge on any atom is 0.315 e. The number of hydrogen-bond acceptors (Lipinski definition) is 3. The van der Waals surface area contributed by atoms with E-state index in [4.69, 9.17) is 0 Å². The minimum atomic E-state index is -0.0643. The molecule has 1 aliphatic carbocycles. The Labute approximate surface area is 238 Å². The van der Waals surface area contributed by atoms with Crippen molar-refractivity contribution in [1.29, 1.82) is 0 Å². The van der Waals surface area contributed by atoms with Crippen LogP contribution in [0, 0.1) is 11.8 Å². The number of carbonyl (C=O) groups is 2. The van der Waals surface area contributed by atoms with Crippen LogP contribution < -0.4 is 10.6 Å². The zero-order chi connectivity index (χ0) is 27.8. The summed E-state index contributed by atoms with van der Waals surface area (Å²) in [5.74, 6) is 1.01. The fourth-order valence-corrected chi connectivity index (χ4v) is 7.55. The Morgan fingerprint density at radius 3 is 2.35 bits per heavy atom. The van der Waals surface area contributed by atoms with Gasteiger partial charge in [0.25, 0.3) is 0 Å². The zero-order valence-corrected chi connectivity index (χ0v) is 24.2. The highest BCUT2D eigenvalue weighted by Gasteiger charge is 2.43. The van der Waals surface area contributed by atoms with Crippen molar-refractivity contribution in [3.05, 3.63) is 82.9 Å². The Morgan fingerprint density at radius 1 is 0.850 bits per heavy atom. The van der Waals surface area contributed by atoms with Crippen molar-refractivity contribution in [1.82, 2.24) is 15.5 Å². The summed E-state index contributed by atoms with van der Waals surface area (Å²) in [6.45, 7) is 7.16. The van der Waals surface area contributed by atoms with Crippen LogP contribution >= 0.6 is 0 Å². The molecule has 40 heavy (non-hydrogen) atoms. The number of fused-ring (bicyclic) bond motifs is 6. The van der Waals surface area contributed by atoms with Crippen LogP contribution in [-0.4, -0.2) is 29.3 Å². The van der Waals surface area contributed by atoms with Gasteiger partial charge < -0.3 is 10.6 Å². The van der Waals surface area contributed by atoms with Crippen LogP contribution in [0.25, 0.3) is 10.8 Å². The molecule has 210 valence electrons. The van der Waals surface area contributed by atoms with Gasteiger partial charge in [-0.15, -0.1) is 0 Å². The van der Waals surface area contributed by atoms with Crippen LogP contribution in [0.4, 0.5) is 4.79 Å². The lowest BCUT2D eigenvalue weighted by Gasteiger charge is -2.31. The van der Waals surface area contributed by atoms with Crippen molar-refractivity contribution >= 4 is 22.6 Å². The van der Waals surface area contributed by atoms with E-state index in [2.05, 4.69) is 71.0 Å². The van der Waals surface area contributed by atoms with Gasteiger partial charge in [0.2, 0.25) is 0 Å². The predicted octanol–water partition coefficient (Wildman–Crippen LogP) is 7.88. The summed E-state index contributed by atoms with van der Waals surface area (Å²) in [5, 5.41) is 8.82. The topological polar surface area (TPSA) is 61.4 Å². The van der Waals surface area contributed by atoms with E-state index in [0.29, 0.717) is 12.1 Å². The van der Waals surface area contributed by atoms with Gasteiger partial charge in [-0.25, -0.2) is 4.79 Å². The maximum atomic E-state index is 12.9. The van der Waals surface area contributed by atoms with Crippen LogP contribution in [0.3, 0.4) is 0 Å². The normalized spacial score (nSPS) is 24.7. The van der Waals surface area contributed by atoms with Crippen LogP contribution in [0.15, 0.2) is 60.7 Å². The molecule has 1 saturated heterocycles. The molecule has 3 aliphatic rings. The van der Waals surface area contributed by atoms with E-state index >= 15 is 0 Å². The van der Waals surface area contributed by atoms with E-state index in [1.54, 1.807) is 0 Å². The lowest BCUT2D eigenvalue weighted by atomic mass is 9.84. The Hall–Kier alpha value is -3.18. The van der Waals surface area contributed by atoms with Gasteiger partial charge in [-0.1, -0.05) is 68.4 Å². The van der Waals surface area contributed by atoms with Crippen LogP contribution in [0.2, 0.25) is 0 Å². The molecule has 0 spiro atoms. The van der Waals surface area contributed by atoms with Gasteiger partial charge in [0.15, 0.2) is 5.78 Å². The van der Waals surface area contributed by atoms with Gasteiger partial charge in [-0.05, 0) is 97.9 Å². The average molecular weight is 538 g/mol. The van der Waals surface area contributed by atoms with E-state index < -0.39 is 0 Å². The lowest BCUT2D eigenvalue weighted by Crippen LogP contribution is -2.44. The molecular formula is C35H43N3O2. The molecule has 3 aromatic carbocycles. The zero-order valence-electron chi connectivity index (χ0n) is 24.2. The van der Waals surface area contributed by atoms with E-state index in [9.17, 15) is 9.59 Å². The van der Waals surface area contributed by atoms with Crippen molar-refractivity contribution in [3.63, 3.8) is 0 Å². The first-order chi connectivity index (χ1) is 19.4. The van der Waals surface area contributed by atoms with Crippen LogP contribution in [0.1, 0.15) is 111 Å². The SMILES string of the molecule is CC(C)C(=O)c1ccc2c(c1)[C@H]1CC[C@@H]2N1CC[C@H]1CC[C@H](NC(=O)N[C@@H](C)c2cccc3ccccc23)CC1. The molecule has 6 rings (SSSR count). The number of Topliss-reactive ketones (excluding diaryl/α,β-unsaturated/α-hetero) is 1. The lowest BCUT2D eigenvalue weighted by molar-refractivity contribution is 0.0939. The van der Waals surface area contributed by atoms with Gasteiger partial charge in [0.05, 0.1) is 6.04 Å². The first kappa shape index (κ1) is 27.0. The molecule has 2 bridgehead atoms. The number of hydrogen-bond donors (Lipinski definition) is 2. The Bertz CT molecular complexity index is 1390. The molecule has 2 heterocycles. The number of ketones is 1. The monoisotopic (exact) mass is 537 g/mol. The summed E-state index contributed by atoms with van der Waals surface area (Å²) in [4.78, 5) is 28.1. The molecule has 2 N–H and O–H groups in total. The van der Waals surface area contributed by atoms with E-state index in [-0.39, 0.29) is 29.8 Å². The van der Waals surface area contributed by atoms with Gasteiger partial charge >= 0.3 is 6.03 Å². The third-order valence-corrected chi connectivity index (χ3v) is 9.74. The summed E-state index contributed by atoms with van der Waals surface area (Å²) < 4.78 is 0. The van der Waals surface area contributed by atoms with Crippen molar-refractivity contribution in [3.8, 4) is 0 Å². The minimum absolute atomic E-state index is 0.0380. The standard InChI is InChI=1S/C35H43N3O2/c1-22(2)34(39)26-13-16-30-31(21-26)33-18-17-32(30)38(33)20-19-24-11-14-27(15-12-24)37-35(40)36-23(3)28-10-6-8-25-7-4-5-9-29(25)28/h4-10,13,16,21-24,27,32-33H,11-12,14-15,17-20H2,1-3H3,(H2,36,37,40)/t23-,24-,27-,32-,33+/m0/s1. The van der Waals surface area contributed by atoms with Gasteiger partial charge in [0, 0.05) is 29.6 Å². The number of urea groups is 1. The van der Waals surface area contributed by atoms with Crippen molar-refractivity contribution in [2.24, 2.45) is 11.8 Å². The second kappa shape index (κ2) is 11.4. The first-order valence-electron chi connectivity index (χ1n) is 15.4. The molecule has 1 saturated carbocycles. The minimum Gasteiger partial charge on any atom is -0.335 e. The number of rotatable bonds is 8. The molecule has 2 fully saturated rings. The van der Waals surface area contributed by atoms with E-state index in [1.165, 1.54) is 54.0 Å². The molecule has 0 aromatic heterocycles. The molecule has 2 amide bonds. The number of amides is 2. The Balaban J connectivity index is 0.974. The highest BCUT2D eigenvalue weighted by Crippen LogP contribution is 2.53. The number of nitrogens with one attached hydrogen (secondary N) is 2. The second-order valence-electron chi connectivity index (χ2n) is 12.6. The first-order valence-corrected chi connectivity index (χ1v) is 15.4. The number of nitrogens with zero attached hydrogens (tertiary/aromatic N) is 1. The Morgan fingerprint density at radius 2 is 1.57 bits per heavy atom. The Kier molecular flexibility index (Phi) is 7.67. The van der Waals surface area contributed by atoms with Gasteiger partial charge in [-0.2, -0.15) is 0 Å². The number of benzene rings is 3. The molecule has 5 nitrogen and oxygen atoms in total. The predicted molar refractivity (Wildman–Crippen MR) is 161 cm³/mol. The third-order valence-electron chi connectivity index (χ3n) is 9.74. The molecule has 3 aromatic rings. The summed E-state index contributed by atoms with van der Waals surface area (Å²) in [6.07, 6.45) is 8.11. The molecule has 3 atom stereocenters. The maximum absolute atomic E-state index is 12.9. The molecule has 2 aliphatic heterocycles. The molecule has 0 radical (unpaired) electrons. The second-order valence-corrected chi connectivity index (χ2v) is 12.6. The van der Waals surface area contributed by atoms with Crippen LogP contribution in [-0.2, 0) is 0 Å². The fraction of sp³-hybridized carbons (Fsp3) is 0.486. The summed E-state index contributed by atoms with van der Waals surface area (Å²) >= 11 is 0.